The molecule has 5 nitrogen and oxygen atoms in total. The first-order chi connectivity index (χ1) is 12.8. The number of anilines is 1. The lowest BCUT2D eigenvalue weighted by molar-refractivity contribution is -0.126. The number of carbonyl (C=O) groups is 1. The Hall–Kier alpha value is -2.48. The molecule has 0 N–H and O–H groups in total. The predicted molar refractivity (Wildman–Crippen MR) is 100.0 cm³/mol. The van der Waals surface area contributed by atoms with Crippen LogP contribution in [0.5, 0.6) is 5.75 Å². The molecule has 0 spiro atoms. The molecule has 140 valence electrons. The molecule has 4 rings (SSSR count). The molecule has 1 amide bonds. The fourth-order valence-electron chi connectivity index (χ4n) is 3.55. The van der Waals surface area contributed by atoms with Crippen LogP contribution < -0.4 is 9.64 Å². The number of hydrogen-bond donors (Lipinski definition) is 0. The summed E-state index contributed by atoms with van der Waals surface area (Å²) in [5, 5.41) is 0. The lowest BCUT2D eigenvalue weighted by atomic mass is 10.1. The largest absolute Gasteiger partial charge is 0.476 e. The second kappa shape index (κ2) is 6.30. The zero-order valence-corrected chi connectivity index (χ0v) is 16.4. The molecule has 0 saturated carbocycles. The maximum Gasteiger partial charge on any atom is 0.268 e. The SMILES string of the molecule is Cc1nc2cc(F)c(Br)cn2c1C(C)N1C(=O)[C@@H](C)Oc2c(F)cccc21. The molecule has 3 heterocycles. The van der Waals surface area contributed by atoms with Gasteiger partial charge in [-0.05, 0) is 48.8 Å². The van der Waals surface area contributed by atoms with Crippen LogP contribution in [-0.2, 0) is 4.79 Å². The Morgan fingerprint density at radius 3 is 2.78 bits per heavy atom. The van der Waals surface area contributed by atoms with Gasteiger partial charge in [-0.1, -0.05) is 6.07 Å². The van der Waals surface area contributed by atoms with Gasteiger partial charge in [0.1, 0.15) is 11.5 Å². The van der Waals surface area contributed by atoms with E-state index in [0.717, 1.165) is 0 Å². The number of halogens is 3. The number of pyridine rings is 1. The summed E-state index contributed by atoms with van der Waals surface area (Å²) < 4.78 is 35.6. The summed E-state index contributed by atoms with van der Waals surface area (Å²) in [5.41, 5.74) is 2.16. The number of benzene rings is 1. The highest BCUT2D eigenvalue weighted by molar-refractivity contribution is 9.10. The van der Waals surface area contributed by atoms with Crippen LogP contribution in [0, 0.1) is 18.6 Å². The topological polar surface area (TPSA) is 46.8 Å². The zero-order chi connectivity index (χ0) is 19.5. The summed E-state index contributed by atoms with van der Waals surface area (Å²) in [6.45, 7) is 5.22. The van der Waals surface area contributed by atoms with Crippen LogP contribution in [-0.4, -0.2) is 21.4 Å². The summed E-state index contributed by atoms with van der Waals surface area (Å²) >= 11 is 3.19. The van der Waals surface area contributed by atoms with Crippen LogP contribution in [0.1, 0.15) is 31.3 Å². The number of rotatable bonds is 2. The van der Waals surface area contributed by atoms with E-state index >= 15 is 0 Å². The third kappa shape index (κ3) is 2.70. The lowest BCUT2D eigenvalue weighted by Crippen LogP contribution is -2.46. The van der Waals surface area contributed by atoms with Gasteiger partial charge >= 0.3 is 0 Å². The lowest BCUT2D eigenvalue weighted by Gasteiger charge is -2.37. The summed E-state index contributed by atoms with van der Waals surface area (Å²) in [6, 6.07) is 5.33. The number of para-hydroxylation sites is 1. The minimum atomic E-state index is -0.819. The molecule has 0 fully saturated rings. The third-order valence-corrected chi connectivity index (χ3v) is 5.34. The highest BCUT2D eigenvalue weighted by Crippen LogP contribution is 2.41. The molecular weight excluding hydrogens is 420 g/mol. The van der Waals surface area contributed by atoms with E-state index in [9.17, 15) is 13.6 Å². The Kier molecular flexibility index (Phi) is 4.18. The maximum absolute atomic E-state index is 14.3. The van der Waals surface area contributed by atoms with E-state index in [0.29, 0.717) is 22.7 Å². The van der Waals surface area contributed by atoms with Crippen molar-refractivity contribution in [1.29, 1.82) is 0 Å². The van der Waals surface area contributed by atoms with Crippen LogP contribution >= 0.6 is 15.9 Å². The summed E-state index contributed by atoms with van der Waals surface area (Å²) in [5.74, 6) is -1.18. The molecule has 3 aromatic rings. The smallest absolute Gasteiger partial charge is 0.268 e. The molecule has 2 atom stereocenters. The van der Waals surface area contributed by atoms with Crippen molar-refractivity contribution in [3.63, 3.8) is 0 Å². The van der Waals surface area contributed by atoms with Gasteiger partial charge < -0.3 is 9.14 Å². The van der Waals surface area contributed by atoms with Crippen LogP contribution in [0.2, 0.25) is 0 Å². The maximum atomic E-state index is 14.3. The van der Waals surface area contributed by atoms with E-state index in [4.69, 9.17) is 4.74 Å². The fraction of sp³-hybridized carbons (Fsp3) is 0.263. The number of ether oxygens (including phenoxy) is 1. The van der Waals surface area contributed by atoms with Crippen molar-refractivity contribution in [2.45, 2.75) is 32.9 Å². The first-order valence-corrected chi connectivity index (χ1v) is 9.20. The van der Waals surface area contributed by atoms with Crippen molar-refractivity contribution >= 4 is 33.2 Å². The highest BCUT2D eigenvalue weighted by Gasteiger charge is 2.38. The Morgan fingerprint density at radius 2 is 2.04 bits per heavy atom. The predicted octanol–water partition coefficient (Wildman–Crippen LogP) is 4.56. The van der Waals surface area contributed by atoms with Gasteiger partial charge in [-0.3, -0.25) is 9.69 Å². The van der Waals surface area contributed by atoms with Gasteiger partial charge in [0.2, 0.25) is 0 Å². The molecule has 1 aliphatic heterocycles. The number of fused-ring (bicyclic) bond motifs is 2. The molecule has 0 saturated heterocycles. The Balaban J connectivity index is 1.91. The quantitative estimate of drug-likeness (QED) is 0.592. The van der Waals surface area contributed by atoms with Crippen LogP contribution in [0.4, 0.5) is 14.5 Å². The summed E-state index contributed by atoms with van der Waals surface area (Å²) in [7, 11) is 0. The number of carbonyl (C=O) groups excluding carboxylic acids is 1. The zero-order valence-electron chi connectivity index (χ0n) is 14.8. The van der Waals surface area contributed by atoms with E-state index in [1.165, 1.54) is 23.1 Å². The monoisotopic (exact) mass is 435 g/mol. The van der Waals surface area contributed by atoms with Gasteiger partial charge in [0.05, 0.1) is 27.6 Å². The van der Waals surface area contributed by atoms with Gasteiger partial charge in [-0.25, -0.2) is 13.8 Å². The van der Waals surface area contributed by atoms with Crippen LogP contribution in [0.15, 0.2) is 34.9 Å². The Bertz CT molecular complexity index is 1080. The van der Waals surface area contributed by atoms with E-state index < -0.39 is 23.8 Å². The second-order valence-electron chi connectivity index (χ2n) is 6.51. The first kappa shape index (κ1) is 17.9. The number of amides is 1. The van der Waals surface area contributed by atoms with Crippen molar-refractivity contribution in [3.8, 4) is 5.75 Å². The average molecular weight is 436 g/mol. The molecule has 1 unspecified atom stereocenters. The van der Waals surface area contributed by atoms with Crippen LogP contribution in [0.3, 0.4) is 0 Å². The third-order valence-electron chi connectivity index (χ3n) is 4.75. The Morgan fingerprint density at radius 1 is 1.30 bits per heavy atom. The minimum Gasteiger partial charge on any atom is -0.476 e. The first-order valence-electron chi connectivity index (χ1n) is 8.41. The molecule has 0 aliphatic carbocycles. The number of hydrogen-bond acceptors (Lipinski definition) is 3. The fourth-order valence-corrected chi connectivity index (χ4v) is 3.87. The van der Waals surface area contributed by atoms with E-state index in [1.807, 2.05) is 6.92 Å². The van der Waals surface area contributed by atoms with Crippen molar-refractivity contribution in [1.82, 2.24) is 9.38 Å². The molecular formula is C19H16BrF2N3O2. The van der Waals surface area contributed by atoms with Gasteiger partial charge in [-0.2, -0.15) is 0 Å². The number of aromatic nitrogens is 2. The average Bonchev–Trinajstić information content (AvgIpc) is 2.92. The molecule has 0 bridgehead atoms. The molecule has 1 aromatic carbocycles. The van der Waals surface area contributed by atoms with E-state index in [1.54, 1.807) is 30.5 Å². The van der Waals surface area contributed by atoms with Gasteiger partial charge in [0.15, 0.2) is 17.7 Å². The van der Waals surface area contributed by atoms with Gasteiger partial charge in [0.25, 0.3) is 5.91 Å². The molecule has 0 radical (unpaired) electrons. The Labute approximate surface area is 162 Å². The number of nitrogens with zero attached hydrogens (tertiary/aromatic N) is 3. The second-order valence-corrected chi connectivity index (χ2v) is 7.37. The van der Waals surface area contributed by atoms with E-state index in [-0.39, 0.29) is 16.1 Å². The van der Waals surface area contributed by atoms with Gasteiger partial charge in [-0.15, -0.1) is 0 Å². The molecule has 27 heavy (non-hydrogen) atoms. The van der Waals surface area contributed by atoms with Crippen molar-refractivity contribution < 1.29 is 18.3 Å². The molecule has 2 aromatic heterocycles. The number of imidazole rings is 1. The standard InChI is InChI=1S/C19H16BrF2N3O2/c1-9-17(24-8-12(20)14(22)7-16(24)23-9)10(2)25-15-6-4-5-13(21)18(15)27-11(3)19(25)26/h4-8,10-11H,1-3H3/t10?,11-/m1/s1. The van der Waals surface area contributed by atoms with Crippen LogP contribution in [0.25, 0.3) is 5.65 Å². The number of aryl methyl sites for hydroxylation is 1. The summed E-state index contributed by atoms with van der Waals surface area (Å²) in [4.78, 5) is 18.8. The van der Waals surface area contributed by atoms with Crippen molar-refractivity contribution in [2.75, 3.05) is 4.90 Å². The minimum absolute atomic E-state index is 0.0511. The summed E-state index contributed by atoms with van der Waals surface area (Å²) in [6.07, 6.45) is 0.762. The molecule has 1 aliphatic rings. The normalized spacial score (nSPS) is 17.8. The van der Waals surface area contributed by atoms with Crippen molar-refractivity contribution in [3.05, 3.63) is 58.0 Å². The van der Waals surface area contributed by atoms with Gasteiger partial charge in [0, 0.05) is 12.3 Å². The van der Waals surface area contributed by atoms with E-state index in [2.05, 4.69) is 20.9 Å². The highest BCUT2D eigenvalue weighted by atomic mass is 79.9. The molecule has 8 heteroatoms. The van der Waals surface area contributed by atoms with Crippen molar-refractivity contribution in [2.24, 2.45) is 0 Å².